The summed E-state index contributed by atoms with van der Waals surface area (Å²) in [7, 11) is -3.51. The van der Waals surface area contributed by atoms with Gasteiger partial charge in [0.1, 0.15) is 4.90 Å². The van der Waals surface area contributed by atoms with Gasteiger partial charge in [-0.15, -0.1) is 0 Å². The van der Waals surface area contributed by atoms with Gasteiger partial charge in [-0.25, -0.2) is 8.42 Å². The van der Waals surface area contributed by atoms with Gasteiger partial charge in [0.05, 0.1) is 5.69 Å². The first-order chi connectivity index (χ1) is 9.32. The quantitative estimate of drug-likeness (QED) is 0.832. The third-order valence-corrected chi connectivity index (χ3v) is 6.04. The molecule has 1 fully saturated rings. The number of hydrogen-bond donors (Lipinski definition) is 1. The van der Waals surface area contributed by atoms with Crippen molar-refractivity contribution in [3.8, 4) is 0 Å². The first-order valence-corrected chi connectivity index (χ1v) is 8.85. The number of halogens is 1. The minimum Gasteiger partial charge on any atom is -0.398 e. The van der Waals surface area contributed by atoms with Gasteiger partial charge in [-0.2, -0.15) is 4.31 Å². The lowest BCUT2D eigenvalue weighted by Crippen LogP contribution is -2.50. The number of nitrogens with two attached hydrogens (primary N) is 1. The Labute approximate surface area is 128 Å². The molecule has 1 aromatic carbocycles. The van der Waals surface area contributed by atoms with Crippen LogP contribution in [0.2, 0.25) is 0 Å². The smallest absolute Gasteiger partial charge is 0.245 e. The maximum absolute atomic E-state index is 12.6. The molecule has 0 spiro atoms. The minimum atomic E-state index is -3.51. The summed E-state index contributed by atoms with van der Waals surface area (Å²) < 4.78 is 27.5. The van der Waals surface area contributed by atoms with Crippen LogP contribution in [0.15, 0.2) is 27.6 Å². The first kappa shape index (κ1) is 15.8. The zero-order valence-electron chi connectivity index (χ0n) is 11.7. The zero-order chi connectivity index (χ0) is 14.9. The highest BCUT2D eigenvalue weighted by Crippen LogP contribution is 2.26. The standard InChI is InChI=1S/C13H20BrN3O2S/c1-10(2)16-5-7-17(8-6-16)20(18,19)13-9-11(14)3-4-12(13)15/h3-4,9-10H,5-8,15H2,1-2H3. The molecule has 0 aromatic heterocycles. The number of nitrogens with zero attached hydrogens (tertiary/aromatic N) is 2. The molecule has 0 amide bonds. The molecule has 1 aliphatic heterocycles. The molecule has 1 aliphatic rings. The average Bonchev–Trinajstić information content (AvgIpc) is 2.41. The molecular weight excluding hydrogens is 342 g/mol. The van der Waals surface area contributed by atoms with Crippen molar-refractivity contribution in [2.24, 2.45) is 0 Å². The molecule has 0 atom stereocenters. The van der Waals surface area contributed by atoms with Crippen LogP contribution in [0.4, 0.5) is 5.69 Å². The Bertz CT molecular complexity index is 581. The third-order valence-electron chi connectivity index (χ3n) is 3.60. The van der Waals surface area contributed by atoms with E-state index in [-0.39, 0.29) is 4.90 Å². The molecule has 1 saturated heterocycles. The molecule has 0 radical (unpaired) electrons. The summed E-state index contributed by atoms with van der Waals surface area (Å²) >= 11 is 3.29. The second kappa shape index (κ2) is 6.01. The fourth-order valence-corrected chi connectivity index (χ4v) is 4.41. The predicted molar refractivity (Wildman–Crippen MR) is 84.0 cm³/mol. The van der Waals surface area contributed by atoms with Crippen LogP contribution in [0.25, 0.3) is 0 Å². The van der Waals surface area contributed by atoms with E-state index < -0.39 is 10.0 Å². The molecule has 0 aliphatic carbocycles. The number of rotatable bonds is 3. The van der Waals surface area contributed by atoms with Gasteiger partial charge in [0.15, 0.2) is 0 Å². The minimum absolute atomic E-state index is 0.185. The van der Waals surface area contributed by atoms with Crippen molar-refractivity contribution < 1.29 is 8.42 Å². The maximum Gasteiger partial charge on any atom is 0.245 e. The summed E-state index contributed by atoms with van der Waals surface area (Å²) in [6.07, 6.45) is 0. The summed E-state index contributed by atoms with van der Waals surface area (Å²) in [5, 5.41) is 0. The average molecular weight is 362 g/mol. The fraction of sp³-hybridized carbons (Fsp3) is 0.538. The molecule has 20 heavy (non-hydrogen) atoms. The van der Waals surface area contributed by atoms with Gasteiger partial charge in [-0.1, -0.05) is 15.9 Å². The number of sulfonamides is 1. The largest absolute Gasteiger partial charge is 0.398 e. The van der Waals surface area contributed by atoms with Gasteiger partial charge in [0, 0.05) is 36.7 Å². The van der Waals surface area contributed by atoms with Crippen LogP contribution in [-0.4, -0.2) is 49.8 Å². The Hall–Kier alpha value is -0.630. The Morgan fingerprint density at radius 1 is 1.20 bits per heavy atom. The highest BCUT2D eigenvalue weighted by atomic mass is 79.9. The summed E-state index contributed by atoms with van der Waals surface area (Å²) in [5.74, 6) is 0. The van der Waals surface area contributed by atoms with Crippen LogP contribution < -0.4 is 5.73 Å². The lowest BCUT2D eigenvalue weighted by atomic mass is 10.3. The van der Waals surface area contributed by atoms with E-state index in [4.69, 9.17) is 5.73 Å². The number of benzene rings is 1. The van der Waals surface area contributed by atoms with Gasteiger partial charge < -0.3 is 5.73 Å². The van der Waals surface area contributed by atoms with Crippen molar-refractivity contribution in [3.05, 3.63) is 22.7 Å². The Morgan fingerprint density at radius 3 is 2.35 bits per heavy atom. The third kappa shape index (κ3) is 3.16. The van der Waals surface area contributed by atoms with Crippen molar-refractivity contribution in [2.75, 3.05) is 31.9 Å². The van der Waals surface area contributed by atoms with Crippen LogP contribution in [0.1, 0.15) is 13.8 Å². The van der Waals surface area contributed by atoms with Crippen molar-refractivity contribution >= 4 is 31.6 Å². The molecule has 112 valence electrons. The van der Waals surface area contributed by atoms with E-state index in [1.807, 2.05) is 0 Å². The van der Waals surface area contributed by atoms with Crippen LogP contribution in [0.3, 0.4) is 0 Å². The maximum atomic E-state index is 12.6. The number of anilines is 1. The van der Waals surface area contributed by atoms with Crippen LogP contribution >= 0.6 is 15.9 Å². The van der Waals surface area contributed by atoms with E-state index in [1.54, 1.807) is 18.2 Å². The van der Waals surface area contributed by atoms with Crippen molar-refractivity contribution in [1.82, 2.24) is 9.21 Å². The van der Waals surface area contributed by atoms with Crippen molar-refractivity contribution in [3.63, 3.8) is 0 Å². The van der Waals surface area contributed by atoms with E-state index in [2.05, 4.69) is 34.7 Å². The lowest BCUT2D eigenvalue weighted by molar-refractivity contribution is 0.154. The number of piperazine rings is 1. The van der Waals surface area contributed by atoms with E-state index in [1.165, 1.54) is 4.31 Å². The molecule has 0 bridgehead atoms. The topological polar surface area (TPSA) is 66.6 Å². The summed E-state index contributed by atoms with van der Waals surface area (Å²) in [6.45, 7) is 6.77. The Kier molecular flexibility index (Phi) is 4.73. The van der Waals surface area contributed by atoms with Crippen LogP contribution in [0.5, 0.6) is 0 Å². The number of hydrogen-bond acceptors (Lipinski definition) is 4. The Morgan fingerprint density at radius 2 is 1.80 bits per heavy atom. The Balaban J connectivity index is 2.22. The predicted octanol–water partition coefficient (Wildman–Crippen LogP) is 1.75. The molecule has 1 heterocycles. The van der Waals surface area contributed by atoms with E-state index >= 15 is 0 Å². The lowest BCUT2D eigenvalue weighted by Gasteiger charge is -2.36. The molecule has 0 saturated carbocycles. The summed E-state index contributed by atoms with van der Waals surface area (Å²) in [6, 6.07) is 5.36. The van der Waals surface area contributed by atoms with Gasteiger partial charge in [-0.05, 0) is 32.0 Å². The molecule has 7 heteroatoms. The van der Waals surface area contributed by atoms with Gasteiger partial charge in [0.25, 0.3) is 0 Å². The molecule has 5 nitrogen and oxygen atoms in total. The van der Waals surface area contributed by atoms with E-state index in [0.717, 1.165) is 13.1 Å². The monoisotopic (exact) mass is 361 g/mol. The van der Waals surface area contributed by atoms with Crippen LogP contribution in [0, 0.1) is 0 Å². The highest BCUT2D eigenvalue weighted by Gasteiger charge is 2.30. The molecule has 0 unspecified atom stereocenters. The normalized spacial score (nSPS) is 18.6. The molecule has 1 aromatic rings. The second-order valence-electron chi connectivity index (χ2n) is 5.22. The molecule has 2 N–H and O–H groups in total. The summed E-state index contributed by atoms with van der Waals surface area (Å²) in [5.41, 5.74) is 6.11. The van der Waals surface area contributed by atoms with Gasteiger partial charge >= 0.3 is 0 Å². The van der Waals surface area contributed by atoms with Crippen molar-refractivity contribution in [2.45, 2.75) is 24.8 Å². The second-order valence-corrected chi connectivity index (χ2v) is 8.04. The SMILES string of the molecule is CC(C)N1CCN(S(=O)(=O)c2cc(Br)ccc2N)CC1. The van der Waals surface area contributed by atoms with Crippen LogP contribution in [-0.2, 0) is 10.0 Å². The van der Waals surface area contributed by atoms with Gasteiger partial charge in [0.2, 0.25) is 10.0 Å². The number of nitrogen functional groups attached to an aromatic ring is 1. The fourth-order valence-electron chi connectivity index (χ4n) is 2.33. The summed E-state index contributed by atoms with van der Waals surface area (Å²) in [4.78, 5) is 2.46. The molecule has 2 rings (SSSR count). The molecular formula is C13H20BrN3O2S. The van der Waals surface area contributed by atoms with E-state index in [9.17, 15) is 8.42 Å². The first-order valence-electron chi connectivity index (χ1n) is 6.61. The van der Waals surface area contributed by atoms with Crippen molar-refractivity contribution in [1.29, 1.82) is 0 Å². The van der Waals surface area contributed by atoms with E-state index in [0.29, 0.717) is 29.3 Å². The van der Waals surface area contributed by atoms with Gasteiger partial charge in [-0.3, -0.25) is 4.90 Å². The highest BCUT2D eigenvalue weighted by molar-refractivity contribution is 9.10. The zero-order valence-corrected chi connectivity index (χ0v) is 14.1.